The molecule has 2 fully saturated rings. The molecule has 4 heterocycles. The molecule has 1 atom stereocenters. The molecule has 2 aliphatic rings. The summed E-state index contributed by atoms with van der Waals surface area (Å²) < 4.78 is 62.5. The third kappa shape index (κ3) is 4.00. The number of sulfonamides is 1. The number of ether oxygens (including phenoxy) is 1. The van der Waals surface area contributed by atoms with Crippen molar-refractivity contribution in [1.82, 2.24) is 29.5 Å². The smallest absolute Gasteiger partial charge is 0.291 e. The lowest BCUT2D eigenvalue weighted by Crippen LogP contribution is -2.35. The third-order valence-electron chi connectivity index (χ3n) is 6.70. The summed E-state index contributed by atoms with van der Waals surface area (Å²) in [5.74, 6) is 0.595. The van der Waals surface area contributed by atoms with Crippen LogP contribution in [0.1, 0.15) is 30.7 Å². The Balaban J connectivity index is 1.59. The molecule has 0 unspecified atom stereocenters. The topological polar surface area (TPSA) is 139 Å². The fourth-order valence-corrected chi connectivity index (χ4v) is 6.62. The van der Waals surface area contributed by atoms with Crippen molar-refractivity contribution in [2.75, 3.05) is 25.2 Å². The maximum absolute atomic E-state index is 13.4. The molecule has 1 saturated heterocycles. The van der Waals surface area contributed by atoms with E-state index in [0.29, 0.717) is 65.1 Å². The first-order valence-corrected chi connectivity index (χ1v) is 13.7. The van der Waals surface area contributed by atoms with Crippen molar-refractivity contribution < 1.29 is 21.9 Å². The number of halogens is 2. The number of nitrogens with one attached hydrogen (secondary N) is 1. The second-order valence-electron chi connectivity index (χ2n) is 9.06. The summed E-state index contributed by atoms with van der Waals surface area (Å²) in [5, 5.41) is 17.8. The zero-order valence-corrected chi connectivity index (χ0v) is 21.1. The van der Waals surface area contributed by atoms with Gasteiger partial charge in [0.05, 0.1) is 34.5 Å². The van der Waals surface area contributed by atoms with Crippen LogP contribution in [0, 0.1) is 11.3 Å². The van der Waals surface area contributed by atoms with Crippen LogP contribution in [0.2, 0.25) is 0 Å². The molecule has 192 valence electrons. The zero-order valence-electron chi connectivity index (χ0n) is 19.4. The molecule has 1 aromatic carbocycles. The Kier molecular flexibility index (Phi) is 5.60. The minimum atomic E-state index is -4.04. The third-order valence-corrected chi connectivity index (χ3v) is 9.15. The van der Waals surface area contributed by atoms with Crippen LogP contribution in [-0.2, 0) is 14.8 Å². The Hall–Kier alpha value is -3.32. The van der Waals surface area contributed by atoms with E-state index in [1.807, 2.05) is 18.0 Å². The normalized spacial score (nSPS) is 19.1. The van der Waals surface area contributed by atoms with Gasteiger partial charge in [-0.25, -0.2) is 27.2 Å². The Bertz CT molecular complexity index is 1670. The van der Waals surface area contributed by atoms with Crippen molar-refractivity contribution in [3.8, 4) is 11.2 Å². The molecule has 0 bridgehead atoms. The summed E-state index contributed by atoms with van der Waals surface area (Å²) in [7, 11) is -2.15. The number of nitrogens with zero attached hydrogens (tertiary/aromatic N) is 7. The van der Waals surface area contributed by atoms with Crippen LogP contribution in [0.4, 0.5) is 14.6 Å². The largest absolute Gasteiger partial charge is 0.379 e. The molecule has 37 heavy (non-hydrogen) atoms. The van der Waals surface area contributed by atoms with Crippen molar-refractivity contribution in [2.45, 2.75) is 42.2 Å². The molecule has 1 N–H and O–H groups in total. The highest BCUT2D eigenvalue weighted by Crippen LogP contribution is 2.40. The van der Waals surface area contributed by atoms with Crippen molar-refractivity contribution in [1.29, 1.82) is 5.26 Å². The number of nitriles is 1. The van der Waals surface area contributed by atoms with Gasteiger partial charge in [-0.05, 0) is 31.4 Å². The van der Waals surface area contributed by atoms with Gasteiger partial charge >= 0.3 is 0 Å². The van der Waals surface area contributed by atoms with Crippen LogP contribution in [-0.4, -0.2) is 65.0 Å². The van der Waals surface area contributed by atoms with E-state index in [1.54, 1.807) is 6.07 Å². The number of rotatable bonds is 7. The Morgan fingerprint density at radius 3 is 2.78 bits per heavy atom. The van der Waals surface area contributed by atoms with Crippen LogP contribution in [0.25, 0.3) is 27.1 Å². The van der Waals surface area contributed by atoms with Gasteiger partial charge in [-0.3, -0.25) is 4.57 Å². The minimum absolute atomic E-state index is 0.0729. The van der Waals surface area contributed by atoms with Crippen LogP contribution < -0.4 is 9.62 Å². The first-order chi connectivity index (χ1) is 17.7. The average molecular weight is 547 g/mol. The van der Waals surface area contributed by atoms with Gasteiger partial charge in [-0.15, -0.1) is 10.2 Å². The van der Waals surface area contributed by atoms with Gasteiger partial charge in [0.15, 0.2) is 10.7 Å². The number of aromatic nitrogens is 5. The highest BCUT2D eigenvalue weighted by atomic mass is 32.2. The number of hydrogen-bond donors (Lipinski definition) is 1. The van der Waals surface area contributed by atoms with Crippen molar-refractivity contribution >= 4 is 49.1 Å². The highest BCUT2D eigenvalue weighted by Gasteiger charge is 2.47. The fraction of sp³-hybridized carbons (Fsp3) is 0.409. The molecule has 4 aromatic rings. The van der Waals surface area contributed by atoms with Crippen molar-refractivity contribution in [3.05, 3.63) is 29.5 Å². The number of fused-ring (bicyclic) bond motifs is 3. The van der Waals surface area contributed by atoms with Crippen LogP contribution in [0.5, 0.6) is 0 Å². The summed E-state index contributed by atoms with van der Waals surface area (Å²) in [6.45, 7) is 1.16. The number of alkyl halides is 2. The van der Waals surface area contributed by atoms with E-state index in [2.05, 4.69) is 24.9 Å². The van der Waals surface area contributed by atoms with E-state index in [4.69, 9.17) is 4.74 Å². The molecule has 15 heteroatoms. The van der Waals surface area contributed by atoms with Gasteiger partial charge in [-0.2, -0.15) is 9.98 Å². The monoisotopic (exact) mass is 546 g/mol. The summed E-state index contributed by atoms with van der Waals surface area (Å²) in [5.41, 5.74) is -0.341. The molecule has 1 saturated carbocycles. The van der Waals surface area contributed by atoms with E-state index in [1.165, 1.54) is 23.0 Å². The van der Waals surface area contributed by atoms with Crippen LogP contribution in [0.3, 0.4) is 0 Å². The summed E-state index contributed by atoms with van der Waals surface area (Å²) >= 11 is 0.694. The first kappa shape index (κ1) is 24.0. The second-order valence-corrected chi connectivity index (χ2v) is 11.7. The van der Waals surface area contributed by atoms with Gasteiger partial charge in [0.2, 0.25) is 15.2 Å². The van der Waals surface area contributed by atoms with E-state index in [-0.39, 0.29) is 16.1 Å². The lowest BCUT2D eigenvalue weighted by Gasteiger charge is -2.24. The molecule has 3 aromatic heterocycles. The maximum atomic E-state index is 13.4. The summed E-state index contributed by atoms with van der Waals surface area (Å²) in [4.78, 5) is 10.9. The van der Waals surface area contributed by atoms with Crippen LogP contribution in [0.15, 0.2) is 29.4 Å². The minimum Gasteiger partial charge on any atom is -0.379 e. The zero-order chi connectivity index (χ0) is 25.9. The summed E-state index contributed by atoms with van der Waals surface area (Å²) in [6.07, 6.45) is 0.241. The molecular formula is C22H20F2N8O3S2. The van der Waals surface area contributed by atoms with E-state index in [9.17, 15) is 22.5 Å². The van der Waals surface area contributed by atoms with Gasteiger partial charge < -0.3 is 9.64 Å². The van der Waals surface area contributed by atoms with Gasteiger partial charge in [0, 0.05) is 19.0 Å². The SMILES string of the molecule is CN(c1ncnc2c1c1ccc(S(=O)(=O)NC3(C#N)CC3)cc1n2-c1nnc(C(F)F)s1)[C@H]1CCOC1. The van der Waals surface area contributed by atoms with Crippen molar-refractivity contribution in [2.24, 2.45) is 0 Å². The molecular weight excluding hydrogens is 526 g/mol. The molecule has 11 nitrogen and oxygen atoms in total. The van der Waals surface area contributed by atoms with Gasteiger partial charge in [0.25, 0.3) is 6.43 Å². The highest BCUT2D eigenvalue weighted by molar-refractivity contribution is 7.89. The van der Waals surface area contributed by atoms with Crippen molar-refractivity contribution in [3.63, 3.8) is 0 Å². The quantitative estimate of drug-likeness (QED) is 0.371. The van der Waals surface area contributed by atoms with Gasteiger partial charge in [0.1, 0.15) is 17.7 Å². The number of benzene rings is 1. The van der Waals surface area contributed by atoms with E-state index < -0.39 is 27.0 Å². The Morgan fingerprint density at radius 2 is 2.14 bits per heavy atom. The summed E-state index contributed by atoms with van der Waals surface area (Å²) in [6, 6.07) is 6.60. The van der Waals surface area contributed by atoms with E-state index >= 15 is 0 Å². The number of anilines is 1. The molecule has 0 amide bonds. The Morgan fingerprint density at radius 1 is 1.32 bits per heavy atom. The lowest BCUT2D eigenvalue weighted by atomic mass is 10.1. The lowest BCUT2D eigenvalue weighted by molar-refractivity contribution is 0.150. The standard InChI is InChI=1S/C22H20F2N8O3S2/c1-31(12-4-7-35-9-12)18-16-14-3-2-13(37(33,34)30-22(10-25)5-6-22)8-15(14)32(19(16)27-11-26-18)21-29-28-20(36-21)17(23)24/h2-3,8,11-12,17,30H,4-7,9H2,1H3/t12-/m0/s1. The molecule has 0 spiro atoms. The second kappa shape index (κ2) is 8.62. The van der Waals surface area contributed by atoms with E-state index in [0.717, 1.165) is 6.42 Å². The van der Waals surface area contributed by atoms with Crippen LogP contribution >= 0.6 is 11.3 Å². The predicted octanol–water partition coefficient (Wildman–Crippen LogP) is 2.92. The molecule has 1 aliphatic heterocycles. The number of likely N-dealkylation sites (N-methyl/N-ethyl adjacent to an activating group) is 1. The number of hydrogen-bond acceptors (Lipinski definition) is 10. The molecule has 6 rings (SSSR count). The fourth-order valence-electron chi connectivity index (χ4n) is 4.51. The molecule has 0 radical (unpaired) electrons. The van der Waals surface area contributed by atoms with Gasteiger partial charge in [-0.1, -0.05) is 17.4 Å². The Labute approximate surface area is 213 Å². The predicted molar refractivity (Wildman–Crippen MR) is 130 cm³/mol. The first-order valence-electron chi connectivity index (χ1n) is 11.4. The molecule has 1 aliphatic carbocycles. The maximum Gasteiger partial charge on any atom is 0.291 e. The average Bonchev–Trinajstić information content (AvgIpc) is 3.29.